The molecular weight excluding hydrogens is 344 g/mol. The number of aryl methyl sites for hydroxylation is 1. The van der Waals surface area contributed by atoms with Gasteiger partial charge in [0.2, 0.25) is 5.92 Å². The number of nitrogens with zero attached hydrogens (tertiary/aromatic N) is 2. The van der Waals surface area contributed by atoms with Crippen LogP contribution in [0.5, 0.6) is 0 Å². The first kappa shape index (κ1) is 16.7. The zero-order valence-electron chi connectivity index (χ0n) is 14.3. The van der Waals surface area contributed by atoms with Gasteiger partial charge in [0.15, 0.2) is 0 Å². The van der Waals surface area contributed by atoms with Crippen molar-refractivity contribution in [1.29, 1.82) is 0 Å². The molecule has 0 radical (unpaired) electrons. The van der Waals surface area contributed by atoms with Crippen LogP contribution >= 0.6 is 0 Å². The van der Waals surface area contributed by atoms with Crippen molar-refractivity contribution in [2.24, 2.45) is 5.92 Å². The third kappa shape index (κ3) is 2.56. The van der Waals surface area contributed by atoms with Crippen LogP contribution in [0.3, 0.4) is 0 Å². The highest BCUT2D eigenvalue weighted by atomic mass is 19.3. The minimum atomic E-state index is -2.61. The summed E-state index contributed by atoms with van der Waals surface area (Å²) in [5.41, 5.74) is 1.86. The quantitative estimate of drug-likeness (QED) is 0.728. The highest BCUT2D eigenvalue weighted by Crippen LogP contribution is 2.43. The normalized spacial score (nSPS) is 16.8. The molecule has 0 unspecified atom stereocenters. The first-order chi connectivity index (χ1) is 12.3. The molecule has 26 heavy (non-hydrogen) atoms. The summed E-state index contributed by atoms with van der Waals surface area (Å²) in [5, 5.41) is 5.23. The fourth-order valence-corrected chi connectivity index (χ4v) is 3.66. The Labute approximate surface area is 146 Å². The molecule has 0 saturated heterocycles. The lowest BCUT2D eigenvalue weighted by molar-refractivity contribution is -0.114. The number of esters is 1. The molecule has 0 spiro atoms. The molecule has 0 aliphatic heterocycles. The van der Waals surface area contributed by atoms with Crippen LogP contribution < -0.4 is 5.56 Å². The highest BCUT2D eigenvalue weighted by Gasteiger charge is 2.45. The van der Waals surface area contributed by atoms with E-state index in [1.54, 1.807) is 23.7 Å². The van der Waals surface area contributed by atoms with Crippen molar-refractivity contribution >= 4 is 27.8 Å². The van der Waals surface area contributed by atoms with Gasteiger partial charge in [-0.2, -0.15) is 5.10 Å². The van der Waals surface area contributed by atoms with Crippen molar-refractivity contribution < 1.29 is 18.3 Å². The Morgan fingerprint density at radius 1 is 1.38 bits per heavy atom. The lowest BCUT2D eigenvalue weighted by Gasteiger charge is -2.34. The molecule has 8 heteroatoms. The minimum Gasteiger partial charge on any atom is -0.465 e. The predicted octanol–water partition coefficient (Wildman–Crippen LogP) is 3.02. The molecule has 1 fully saturated rings. The number of H-pyrrole nitrogens is 1. The number of hydrogen-bond acceptors (Lipinski definition) is 4. The summed E-state index contributed by atoms with van der Waals surface area (Å²) in [4.78, 5) is 27.1. The zero-order chi connectivity index (χ0) is 18.6. The van der Waals surface area contributed by atoms with Crippen molar-refractivity contribution in [1.82, 2.24) is 14.8 Å². The number of pyridine rings is 1. The second kappa shape index (κ2) is 5.62. The van der Waals surface area contributed by atoms with Gasteiger partial charge in [-0.1, -0.05) is 0 Å². The van der Waals surface area contributed by atoms with E-state index in [4.69, 9.17) is 4.74 Å². The predicted molar refractivity (Wildman–Crippen MR) is 91.6 cm³/mol. The van der Waals surface area contributed by atoms with Gasteiger partial charge in [0.05, 0.1) is 35.3 Å². The largest absolute Gasteiger partial charge is 0.465 e. The fourth-order valence-electron chi connectivity index (χ4n) is 3.66. The molecule has 2 aromatic heterocycles. The summed E-state index contributed by atoms with van der Waals surface area (Å²) in [6, 6.07) is 3.36. The van der Waals surface area contributed by atoms with Gasteiger partial charge in [0, 0.05) is 24.8 Å². The molecular formula is C18H17F2N3O3. The van der Waals surface area contributed by atoms with Gasteiger partial charge < -0.3 is 9.72 Å². The molecule has 1 N–H and O–H groups in total. The maximum absolute atomic E-state index is 13.1. The van der Waals surface area contributed by atoms with Gasteiger partial charge >= 0.3 is 5.97 Å². The van der Waals surface area contributed by atoms with E-state index in [0.29, 0.717) is 39.5 Å². The molecule has 1 aromatic carbocycles. The molecule has 3 aromatic rings. The number of carbonyl (C=O) groups is 1. The average Bonchev–Trinajstić information content (AvgIpc) is 2.97. The number of methoxy groups -OCH3 is 1. The number of ether oxygens (including phenoxy) is 1. The van der Waals surface area contributed by atoms with Crippen molar-refractivity contribution in [2.75, 3.05) is 7.11 Å². The van der Waals surface area contributed by atoms with Gasteiger partial charge in [-0.3, -0.25) is 9.48 Å². The number of rotatable bonds is 3. The van der Waals surface area contributed by atoms with E-state index in [-0.39, 0.29) is 24.3 Å². The van der Waals surface area contributed by atoms with Crippen molar-refractivity contribution in [2.45, 2.75) is 32.2 Å². The second-order valence-corrected chi connectivity index (χ2v) is 6.88. The van der Waals surface area contributed by atoms with Crippen LogP contribution in [0.15, 0.2) is 23.1 Å². The summed E-state index contributed by atoms with van der Waals surface area (Å²) in [6.45, 7) is 2.06. The second-order valence-electron chi connectivity index (χ2n) is 6.88. The van der Waals surface area contributed by atoms with E-state index in [0.717, 1.165) is 0 Å². The van der Waals surface area contributed by atoms with E-state index in [9.17, 15) is 18.4 Å². The molecule has 6 nitrogen and oxygen atoms in total. The van der Waals surface area contributed by atoms with Crippen LogP contribution in [0.25, 0.3) is 21.8 Å². The Morgan fingerprint density at radius 2 is 2.12 bits per heavy atom. The van der Waals surface area contributed by atoms with Gasteiger partial charge in [0.25, 0.3) is 5.56 Å². The maximum atomic E-state index is 13.1. The first-order valence-electron chi connectivity index (χ1n) is 8.27. The van der Waals surface area contributed by atoms with Crippen LogP contribution in [0.4, 0.5) is 8.78 Å². The summed E-state index contributed by atoms with van der Waals surface area (Å²) in [7, 11) is 1.30. The summed E-state index contributed by atoms with van der Waals surface area (Å²) in [6.07, 6.45) is 1.08. The molecule has 4 rings (SSSR count). The van der Waals surface area contributed by atoms with E-state index < -0.39 is 11.9 Å². The van der Waals surface area contributed by atoms with Gasteiger partial charge in [-0.05, 0) is 30.5 Å². The number of fused-ring (bicyclic) bond motifs is 3. The van der Waals surface area contributed by atoms with Crippen molar-refractivity contribution in [3.63, 3.8) is 0 Å². The Morgan fingerprint density at radius 3 is 2.77 bits per heavy atom. The van der Waals surface area contributed by atoms with Gasteiger partial charge in [0.1, 0.15) is 0 Å². The third-order valence-corrected chi connectivity index (χ3v) is 4.96. The lowest BCUT2D eigenvalue weighted by atomic mass is 9.81. The average molecular weight is 361 g/mol. The molecule has 0 amide bonds. The van der Waals surface area contributed by atoms with Crippen LogP contribution in [-0.4, -0.2) is 33.8 Å². The Hall–Kier alpha value is -2.77. The van der Waals surface area contributed by atoms with Crippen molar-refractivity contribution in [3.05, 3.63) is 39.8 Å². The molecule has 0 atom stereocenters. The molecule has 1 saturated carbocycles. The monoisotopic (exact) mass is 361 g/mol. The molecule has 136 valence electrons. The van der Waals surface area contributed by atoms with Crippen LogP contribution in [-0.2, 0) is 11.3 Å². The molecule has 0 bridgehead atoms. The third-order valence-electron chi connectivity index (χ3n) is 4.96. The number of nitrogens with one attached hydrogen (secondary N) is 1. The van der Waals surface area contributed by atoms with E-state index >= 15 is 0 Å². The topological polar surface area (TPSA) is 77.0 Å². The number of aromatic nitrogens is 3. The minimum absolute atomic E-state index is 0.179. The van der Waals surface area contributed by atoms with E-state index in [1.807, 2.05) is 0 Å². The summed E-state index contributed by atoms with van der Waals surface area (Å²) >= 11 is 0. The number of halogens is 2. The Bertz CT molecular complexity index is 1090. The first-order valence-corrected chi connectivity index (χ1v) is 8.27. The van der Waals surface area contributed by atoms with Gasteiger partial charge in [-0.25, -0.2) is 13.6 Å². The van der Waals surface area contributed by atoms with Crippen molar-refractivity contribution in [3.8, 4) is 0 Å². The molecule has 2 heterocycles. The van der Waals surface area contributed by atoms with Crippen LogP contribution in [0, 0.1) is 12.8 Å². The van der Waals surface area contributed by atoms with Crippen LogP contribution in [0.1, 0.15) is 28.8 Å². The van der Waals surface area contributed by atoms with Crippen LogP contribution in [0.2, 0.25) is 0 Å². The Balaban J connectivity index is 1.90. The Kier molecular flexibility index (Phi) is 3.61. The number of carbonyl (C=O) groups excluding carboxylic acids is 1. The smallest absolute Gasteiger partial charge is 0.338 e. The fraction of sp³-hybridized carbons (Fsp3) is 0.389. The van der Waals surface area contributed by atoms with Gasteiger partial charge in [-0.15, -0.1) is 0 Å². The number of alkyl halides is 2. The summed E-state index contributed by atoms with van der Waals surface area (Å²) < 4.78 is 32.7. The standard InChI is InChI=1S/C18H17F2N3O3/c1-9-3-14-12(4-11(9)17(25)26-2)15-13(16(24)22-14)7-21-23(15)8-10-5-18(19,20)6-10/h3-4,7,10H,5-6,8H2,1-2H3,(H,22,24). The molecule has 1 aliphatic carbocycles. The van der Waals surface area contributed by atoms with E-state index in [1.165, 1.54) is 13.3 Å². The summed E-state index contributed by atoms with van der Waals surface area (Å²) in [5.74, 6) is -3.27. The number of hydrogen-bond donors (Lipinski definition) is 1. The lowest BCUT2D eigenvalue weighted by Crippen LogP contribution is -2.37. The highest BCUT2D eigenvalue weighted by molar-refractivity contribution is 6.06. The van der Waals surface area contributed by atoms with E-state index in [2.05, 4.69) is 10.1 Å². The number of benzene rings is 1. The zero-order valence-corrected chi connectivity index (χ0v) is 14.3. The maximum Gasteiger partial charge on any atom is 0.338 e. The number of aromatic amines is 1. The molecule has 1 aliphatic rings. The SMILES string of the molecule is COC(=O)c1cc2c(cc1C)[nH]c(=O)c1cnn(CC3CC(F)(F)C3)c12.